The van der Waals surface area contributed by atoms with Gasteiger partial charge in [0.05, 0.1) is 0 Å². The van der Waals surface area contributed by atoms with Crippen molar-refractivity contribution >= 4 is 17.3 Å². The van der Waals surface area contributed by atoms with Crippen LogP contribution in [0, 0.1) is 5.92 Å². The molecule has 3 aromatic carbocycles. The van der Waals surface area contributed by atoms with Gasteiger partial charge in [-0.2, -0.15) is 0 Å². The number of aromatic hydroxyl groups is 1. The lowest BCUT2D eigenvalue weighted by Crippen LogP contribution is -2.47. The third-order valence-electron chi connectivity index (χ3n) is 6.31. The highest BCUT2D eigenvalue weighted by Gasteiger charge is 2.46. The number of nitrogens with zero attached hydrogens (tertiary/aromatic N) is 1. The molecule has 1 unspecified atom stereocenters. The molecule has 1 heterocycles. The highest BCUT2D eigenvalue weighted by atomic mass is 16.6. The fourth-order valence-electron chi connectivity index (χ4n) is 4.30. The summed E-state index contributed by atoms with van der Waals surface area (Å²) in [6, 6.07) is 26.0. The Balaban J connectivity index is 1.69. The highest BCUT2D eigenvalue weighted by Crippen LogP contribution is 2.42. The summed E-state index contributed by atoms with van der Waals surface area (Å²) < 4.78 is 6.14. The molecular formula is C28H29NO4. The lowest BCUT2D eigenvalue weighted by Gasteiger charge is -2.42. The molecule has 170 valence electrons. The van der Waals surface area contributed by atoms with Crippen molar-refractivity contribution in [3.8, 4) is 5.75 Å². The summed E-state index contributed by atoms with van der Waals surface area (Å²) >= 11 is 0. The zero-order valence-corrected chi connectivity index (χ0v) is 18.9. The van der Waals surface area contributed by atoms with Crippen molar-refractivity contribution in [3.05, 3.63) is 102 Å². The molecule has 0 radical (unpaired) electrons. The van der Waals surface area contributed by atoms with E-state index < -0.39 is 11.6 Å². The number of anilines is 2. The first-order valence-electron chi connectivity index (χ1n) is 11.2. The third-order valence-corrected chi connectivity index (χ3v) is 6.31. The summed E-state index contributed by atoms with van der Waals surface area (Å²) in [6.07, 6.45) is 1.46. The molecule has 0 spiro atoms. The number of aliphatic hydroxyl groups is 1. The van der Waals surface area contributed by atoms with Crippen LogP contribution >= 0.6 is 0 Å². The Bertz CT molecular complexity index is 1080. The average molecular weight is 444 g/mol. The summed E-state index contributed by atoms with van der Waals surface area (Å²) in [6.45, 7) is 4.02. The van der Waals surface area contributed by atoms with E-state index in [0.29, 0.717) is 12.8 Å². The average Bonchev–Trinajstić information content (AvgIpc) is 2.82. The van der Waals surface area contributed by atoms with Crippen molar-refractivity contribution in [2.75, 3.05) is 4.90 Å². The number of aryl methyl sites for hydroxylation is 1. The Kier molecular flexibility index (Phi) is 6.40. The Morgan fingerprint density at radius 1 is 0.879 bits per heavy atom. The maximum absolute atomic E-state index is 13.5. The van der Waals surface area contributed by atoms with Crippen molar-refractivity contribution in [1.82, 2.24) is 0 Å². The van der Waals surface area contributed by atoms with Crippen molar-refractivity contribution in [3.63, 3.8) is 0 Å². The number of aliphatic hydroxyl groups excluding tert-OH is 1. The molecule has 3 aromatic rings. The molecule has 5 nitrogen and oxygen atoms in total. The fourth-order valence-corrected chi connectivity index (χ4v) is 4.30. The monoisotopic (exact) mass is 443 g/mol. The van der Waals surface area contributed by atoms with E-state index in [1.165, 1.54) is 0 Å². The van der Waals surface area contributed by atoms with Crippen LogP contribution in [0.5, 0.6) is 5.75 Å². The van der Waals surface area contributed by atoms with Gasteiger partial charge in [0, 0.05) is 17.8 Å². The van der Waals surface area contributed by atoms with Gasteiger partial charge >= 0.3 is 5.97 Å². The molecule has 1 aliphatic heterocycles. The van der Waals surface area contributed by atoms with Gasteiger partial charge in [-0.3, -0.25) is 0 Å². The smallest absolute Gasteiger partial charge is 0.359 e. The normalized spacial score (nSPS) is 18.3. The van der Waals surface area contributed by atoms with Gasteiger partial charge in [-0.15, -0.1) is 0 Å². The quantitative estimate of drug-likeness (QED) is 0.421. The number of hydrogen-bond donors (Lipinski definition) is 2. The van der Waals surface area contributed by atoms with Crippen molar-refractivity contribution in [1.29, 1.82) is 0 Å². The second-order valence-electron chi connectivity index (χ2n) is 8.75. The highest BCUT2D eigenvalue weighted by molar-refractivity contribution is 5.97. The zero-order valence-electron chi connectivity index (χ0n) is 18.9. The van der Waals surface area contributed by atoms with Crippen LogP contribution in [0.15, 0.2) is 96.4 Å². The second kappa shape index (κ2) is 9.41. The molecule has 2 N–H and O–H groups in total. The van der Waals surface area contributed by atoms with E-state index in [1.54, 1.807) is 17.0 Å². The predicted octanol–water partition coefficient (Wildman–Crippen LogP) is 6.27. The number of phenols is 1. The van der Waals surface area contributed by atoms with Crippen molar-refractivity contribution in [2.45, 2.75) is 38.7 Å². The minimum Gasteiger partial charge on any atom is -0.510 e. The molecule has 5 heteroatoms. The first-order chi connectivity index (χ1) is 15.9. The lowest BCUT2D eigenvalue weighted by atomic mass is 9.79. The summed E-state index contributed by atoms with van der Waals surface area (Å²) in [5.74, 6) is -0.290. The Labute approximate surface area is 194 Å². The SMILES string of the molecule is CC(C)C1(CCc2ccc(O)cc2)CC(O)=C(N(c2ccccc2)c2ccccc2)C(=O)O1. The number of cyclic esters (lactones) is 1. The fraction of sp³-hybridized carbons (Fsp3) is 0.250. The molecule has 33 heavy (non-hydrogen) atoms. The Hall–Kier alpha value is -3.73. The Morgan fingerprint density at radius 3 is 1.91 bits per heavy atom. The van der Waals surface area contributed by atoms with E-state index in [-0.39, 0.29) is 29.5 Å². The van der Waals surface area contributed by atoms with Crippen LogP contribution in [0.1, 0.15) is 32.3 Å². The van der Waals surface area contributed by atoms with Gasteiger partial charge in [-0.25, -0.2) is 4.79 Å². The van der Waals surface area contributed by atoms with E-state index in [1.807, 2.05) is 86.6 Å². The maximum Gasteiger partial charge on any atom is 0.359 e. The summed E-state index contributed by atoms with van der Waals surface area (Å²) in [5, 5.41) is 20.8. The number of para-hydroxylation sites is 2. The first kappa shape index (κ1) is 22.5. The molecule has 0 saturated heterocycles. The maximum atomic E-state index is 13.5. The Morgan fingerprint density at radius 2 is 1.42 bits per heavy atom. The van der Waals surface area contributed by atoms with Crippen molar-refractivity contribution in [2.24, 2.45) is 5.92 Å². The predicted molar refractivity (Wildman–Crippen MR) is 129 cm³/mol. The van der Waals surface area contributed by atoms with Gasteiger partial charge in [-0.1, -0.05) is 62.4 Å². The summed E-state index contributed by atoms with van der Waals surface area (Å²) in [7, 11) is 0. The molecular weight excluding hydrogens is 414 g/mol. The molecule has 1 atom stereocenters. The van der Waals surface area contributed by atoms with Gasteiger partial charge in [-0.05, 0) is 60.7 Å². The van der Waals surface area contributed by atoms with E-state index in [0.717, 1.165) is 16.9 Å². The molecule has 0 aliphatic carbocycles. The summed E-state index contributed by atoms with van der Waals surface area (Å²) in [5.41, 5.74) is 1.90. The second-order valence-corrected chi connectivity index (χ2v) is 8.75. The molecule has 0 fully saturated rings. The number of carbonyl (C=O) groups excluding carboxylic acids is 1. The van der Waals surface area contributed by atoms with Gasteiger partial charge in [0.25, 0.3) is 0 Å². The molecule has 0 aromatic heterocycles. The molecule has 0 bridgehead atoms. The van der Waals surface area contributed by atoms with E-state index in [2.05, 4.69) is 0 Å². The standard InChI is InChI=1S/C28H29NO4/c1-20(2)28(18-17-21-13-15-24(30)16-14-21)19-25(31)26(27(32)33-28)29(22-9-5-3-6-10-22)23-11-7-4-8-12-23/h3-16,20,30-31H,17-19H2,1-2H3. The number of carbonyl (C=O) groups is 1. The molecule has 0 saturated carbocycles. The van der Waals surface area contributed by atoms with E-state index >= 15 is 0 Å². The third kappa shape index (κ3) is 4.72. The number of phenolic OH excluding ortho intramolecular Hbond substituents is 1. The van der Waals surface area contributed by atoms with Crippen LogP contribution in [-0.2, 0) is 16.0 Å². The number of rotatable bonds is 7. The first-order valence-corrected chi connectivity index (χ1v) is 11.2. The molecule has 1 aliphatic rings. The minimum atomic E-state index is -0.818. The van der Waals surface area contributed by atoms with Crippen LogP contribution in [0.4, 0.5) is 11.4 Å². The van der Waals surface area contributed by atoms with Gasteiger partial charge in [0.1, 0.15) is 17.1 Å². The zero-order chi connectivity index (χ0) is 23.4. The number of ether oxygens (including phenoxy) is 1. The van der Waals surface area contributed by atoms with Crippen LogP contribution in [0.3, 0.4) is 0 Å². The van der Waals surface area contributed by atoms with Gasteiger partial charge in [0.2, 0.25) is 0 Å². The van der Waals surface area contributed by atoms with E-state index in [9.17, 15) is 15.0 Å². The van der Waals surface area contributed by atoms with Crippen LogP contribution in [-0.4, -0.2) is 21.8 Å². The van der Waals surface area contributed by atoms with Crippen LogP contribution in [0.25, 0.3) is 0 Å². The topological polar surface area (TPSA) is 70.0 Å². The molecule has 4 rings (SSSR count). The number of hydrogen-bond acceptors (Lipinski definition) is 5. The van der Waals surface area contributed by atoms with Crippen LogP contribution in [0.2, 0.25) is 0 Å². The van der Waals surface area contributed by atoms with E-state index in [4.69, 9.17) is 4.74 Å². The lowest BCUT2D eigenvalue weighted by molar-refractivity contribution is -0.165. The van der Waals surface area contributed by atoms with Gasteiger partial charge < -0.3 is 19.8 Å². The van der Waals surface area contributed by atoms with Gasteiger partial charge in [0.15, 0.2) is 5.70 Å². The summed E-state index contributed by atoms with van der Waals surface area (Å²) in [4.78, 5) is 15.2. The molecule has 0 amide bonds. The largest absolute Gasteiger partial charge is 0.510 e. The van der Waals surface area contributed by atoms with Crippen molar-refractivity contribution < 1.29 is 19.7 Å². The number of esters is 1. The number of benzene rings is 3. The van der Waals surface area contributed by atoms with Crippen LogP contribution < -0.4 is 4.90 Å². The minimum absolute atomic E-state index is 0.00386.